The zero-order valence-corrected chi connectivity index (χ0v) is 17.0. The molecule has 1 aromatic heterocycles. The molecule has 2 aromatic carbocycles. The lowest BCUT2D eigenvalue weighted by Crippen LogP contribution is -2.41. The Labute approximate surface area is 177 Å². The predicted octanol–water partition coefficient (Wildman–Crippen LogP) is 4.39. The Morgan fingerprint density at radius 3 is 2.83 bits per heavy atom. The molecule has 1 fully saturated rings. The summed E-state index contributed by atoms with van der Waals surface area (Å²) in [4.78, 5) is 19.1. The van der Waals surface area contributed by atoms with Crippen LogP contribution in [0.1, 0.15) is 12.8 Å². The normalized spacial score (nSPS) is 16.4. The molecule has 0 saturated carbocycles. The molecular weight excluding hydrogens is 411 g/mol. The van der Waals surface area contributed by atoms with Gasteiger partial charge in [-0.1, -0.05) is 16.8 Å². The first-order valence-electron chi connectivity index (χ1n) is 9.52. The number of anilines is 2. The van der Waals surface area contributed by atoms with Crippen molar-refractivity contribution in [3.8, 4) is 17.1 Å². The van der Waals surface area contributed by atoms with Crippen molar-refractivity contribution < 1.29 is 18.4 Å². The summed E-state index contributed by atoms with van der Waals surface area (Å²) in [5.41, 5.74) is 1.27. The second-order valence-electron chi connectivity index (χ2n) is 7.03. The fourth-order valence-corrected chi connectivity index (χ4v) is 3.56. The van der Waals surface area contributed by atoms with Gasteiger partial charge >= 0.3 is 6.01 Å². The first-order valence-corrected chi connectivity index (χ1v) is 9.90. The third-order valence-electron chi connectivity index (χ3n) is 5.01. The van der Waals surface area contributed by atoms with E-state index in [-0.39, 0.29) is 16.8 Å². The molecule has 0 radical (unpaired) electrons. The molecule has 1 aliphatic rings. The number of ether oxygens (including phenoxy) is 1. The first-order chi connectivity index (χ1) is 14.5. The molecule has 0 aliphatic carbocycles. The van der Waals surface area contributed by atoms with Crippen LogP contribution in [-0.4, -0.2) is 36.2 Å². The summed E-state index contributed by atoms with van der Waals surface area (Å²) in [6, 6.07) is 11.9. The third-order valence-corrected chi connectivity index (χ3v) is 5.30. The van der Waals surface area contributed by atoms with E-state index in [0.717, 1.165) is 30.7 Å². The van der Waals surface area contributed by atoms with Crippen LogP contribution >= 0.6 is 11.6 Å². The van der Waals surface area contributed by atoms with Gasteiger partial charge in [-0.05, 0) is 55.3 Å². The smallest absolute Gasteiger partial charge is 0.324 e. The zero-order chi connectivity index (χ0) is 21.1. The fraction of sp³-hybridized carbons (Fsp3) is 0.286. The lowest BCUT2D eigenvalue weighted by atomic mass is 9.97. The highest BCUT2D eigenvalue weighted by Crippen LogP contribution is 2.27. The van der Waals surface area contributed by atoms with Crippen LogP contribution in [0.4, 0.5) is 16.1 Å². The van der Waals surface area contributed by atoms with Crippen molar-refractivity contribution in [3.05, 3.63) is 53.3 Å². The number of benzene rings is 2. The van der Waals surface area contributed by atoms with Crippen LogP contribution in [0.5, 0.6) is 5.75 Å². The molecule has 30 heavy (non-hydrogen) atoms. The van der Waals surface area contributed by atoms with E-state index < -0.39 is 5.82 Å². The summed E-state index contributed by atoms with van der Waals surface area (Å²) in [7, 11) is 1.61. The predicted molar refractivity (Wildman–Crippen MR) is 111 cm³/mol. The van der Waals surface area contributed by atoms with Crippen LogP contribution in [0.3, 0.4) is 0 Å². The summed E-state index contributed by atoms with van der Waals surface area (Å²) in [5.74, 6) is 0.272. The van der Waals surface area contributed by atoms with Crippen LogP contribution in [-0.2, 0) is 4.79 Å². The van der Waals surface area contributed by atoms with Gasteiger partial charge in [0.2, 0.25) is 11.7 Å². The molecule has 9 heteroatoms. The molecular formula is C21H20ClFN4O3. The van der Waals surface area contributed by atoms with E-state index >= 15 is 0 Å². The van der Waals surface area contributed by atoms with Gasteiger partial charge < -0.3 is 19.5 Å². The Morgan fingerprint density at radius 2 is 2.10 bits per heavy atom. The van der Waals surface area contributed by atoms with Crippen molar-refractivity contribution in [2.24, 2.45) is 5.92 Å². The van der Waals surface area contributed by atoms with Crippen LogP contribution in [0.25, 0.3) is 11.4 Å². The highest BCUT2D eigenvalue weighted by molar-refractivity contribution is 6.31. The zero-order valence-electron chi connectivity index (χ0n) is 16.3. The Bertz CT molecular complexity index is 1040. The second kappa shape index (κ2) is 8.71. The Morgan fingerprint density at radius 1 is 1.30 bits per heavy atom. The minimum atomic E-state index is -0.525. The summed E-state index contributed by atoms with van der Waals surface area (Å²) in [6.07, 6.45) is 1.54. The highest BCUT2D eigenvalue weighted by atomic mass is 35.5. The molecule has 3 aromatic rings. The molecule has 4 rings (SSSR count). The van der Waals surface area contributed by atoms with E-state index in [0.29, 0.717) is 24.1 Å². The van der Waals surface area contributed by atoms with Gasteiger partial charge in [-0.2, -0.15) is 4.98 Å². The van der Waals surface area contributed by atoms with Crippen molar-refractivity contribution in [1.82, 2.24) is 10.1 Å². The van der Waals surface area contributed by atoms with Gasteiger partial charge in [-0.15, -0.1) is 0 Å². The molecule has 1 aliphatic heterocycles. The quantitative estimate of drug-likeness (QED) is 0.646. The maximum atomic E-state index is 13.3. The molecule has 1 amide bonds. The van der Waals surface area contributed by atoms with Gasteiger partial charge in [0, 0.05) is 24.3 Å². The molecule has 0 unspecified atom stereocenters. The number of nitrogens with one attached hydrogen (secondary N) is 1. The number of piperidine rings is 1. The van der Waals surface area contributed by atoms with E-state index in [1.807, 2.05) is 29.2 Å². The van der Waals surface area contributed by atoms with Gasteiger partial charge in [0.25, 0.3) is 0 Å². The topological polar surface area (TPSA) is 80.5 Å². The van der Waals surface area contributed by atoms with Crippen LogP contribution < -0.4 is 15.0 Å². The Balaban J connectivity index is 1.42. The van der Waals surface area contributed by atoms with E-state index in [1.165, 1.54) is 18.2 Å². The number of nitrogens with zero attached hydrogens (tertiary/aromatic N) is 3. The molecule has 7 nitrogen and oxygen atoms in total. The lowest BCUT2D eigenvalue weighted by Gasteiger charge is -2.30. The van der Waals surface area contributed by atoms with Crippen LogP contribution in [0.2, 0.25) is 5.02 Å². The van der Waals surface area contributed by atoms with Gasteiger partial charge in [-0.25, -0.2) is 4.39 Å². The maximum absolute atomic E-state index is 13.3. The fourth-order valence-electron chi connectivity index (χ4n) is 3.38. The van der Waals surface area contributed by atoms with E-state index in [9.17, 15) is 9.18 Å². The molecule has 156 valence electrons. The molecule has 2 heterocycles. The second-order valence-corrected chi connectivity index (χ2v) is 7.44. The Kier molecular flexibility index (Phi) is 5.85. The SMILES string of the molecule is COc1ccc(-c2noc(N3CCC[C@H](C(=O)Nc4ccc(F)c(Cl)c4)C3)n2)cc1. The molecule has 1 N–H and O–H groups in total. The van der Waals surface area contributed by atoms with Gasteiger partial charge in [-0.3, -0.25) is 4.79 Å². The molecule has 0 bridgehead atoms. The largest absolute Gasteiger partial charge is 0.497 e. The minimum absolute atomic E-state index is 0.0324. The van der Waals surface area contributed by atoms with Crippen molar-refractivity contribution in [1.29, 1.82) is 0 Å². The highest BCUT2D eigenvalue weighted by Gasteiger charge is 2.29. The standard InChI is InChI=1S/C21H20ClFN4O3/c1-29-16-7-4-13(5-8-16)19-25-21(30-26-19)27-10-2-3-14(12-27)20(28)24-15-6-9-18(23)17(22)11-15/h4-9,11,14H,2-3,10,12H2,1H3,(H,24,28)/t14-/m0/s1. The van der Waals surface area contributed by atoms with Gasteiger partial charge in [0.05, 0.1) is 18.1 Å². The number of halogens is 2. The number of hydrogen-bond donors (Lipinski definition) is 1. The van der Waals surface area contributed by atoms with Crippen molar-refractivity contribution in [2.45, 2.75) is 12.8 Å². The van der Waals surface area contributed by atoms with Crippen LogP contribution in [0.15, 0.2) is 47.0 Å². The lowest BCUT2D eigenvalue weighted by molar-refractivity contribution is -0.120. The number of aromatic nitrogens is 2. The third kappa shape index (κ3) is 4.38. The average Bonchev–Trinajstić information content (AvgIpc) is 3.27. The van der Waals surface area contributed by atoms with E-state index in [2.05, 4.69) is 15.5 Å². The summed E-state index contributed by atoms with van der Waals surface area (Å²) in [5, 5.41) is 6.82. The number of hydrogen-bond acceptors (Lipinski definition) is 6. The van der Waals surface area contributed by atoms with E-state index in [1.54, 1.807) is 7.11 Å². The van der Waals surface area contributed by atoms with Gasteiger partial charge in [0.1, 0.15) is 11.6 Å². The summed E-state index contributed by atoms with van der Waals surface area (Å²) in [6.45, 7) is 1.17. The van der Waals surface area contributed by atoms with Crippen molar-refractivity contribution in [3.63, 3.8) is 0 Å². The number of amides is 1. The average molecular weight is 431 g/mol. The number of rotatable bonds is 5. The molecule has 1 saturated heterocycles. The number of carbonyl (C=O) groups is 1. The maximum Gasteiger partial charge on any atom is 0.324 e. The summed E-state index contributed by atoms with van der Waals surface area (Å²) < 4.78 is 23.9. The van der Waals surface area contributed by atoms with E-state index in [4.69, 9.17) is 20.9 Å². The molecule has 1 atom stereocenters. The monoisotopic (exact) mass is 430 g/mol. The first kappa shape index (κ1) is 20.2. The Hall–Kier alpha value is -3.13. The minimum Gasteiger partial charge on any atom is -0.497 e. The van der Waals surface area contributed by atoms with Crippen LogP contribution in [0, 0.1) is 11.7 Å². The molecule has 0 spiro atoms. The van der Waals surface area contributed by atoms with Crippen molar-refractivity contribution >= 4 is 29.2 Å². The van der Waals surface area contributed by atoms with Crippen molar-refractivity contribution in [2.75, 3.05) is 30.4 Å². The number of methoxy groups -OCH3 is 1. The summed E-state index contributed by atoms with van der Waals surface area (Å²) >= 11 is 5.79. The van der Waals surface area contributed by atoms with Gasteiger partial charge in [0.15, 0.2) is 0 Å². The number of carbonyl (C=O) groups excluding carboxylic acids is 1.